The average Bonchev–Trinajstić information content (AvgIpc) is 3.23. The first-order valence-corrected chi connectivity index (χ1v) is 8.40. The number of thiazole rings is 1. The van der Waals surface area contributed by atoms with Crippen molar-refractivity contribution in [1.82, 2.24) is 9.38 Å². The monoisotopic (exact) mass is 308 g/mol. The molecule has 4 heteroatoms. The van der Waals surface area contributed by atoms with Crippen molar-refractivity contribution < 1.29 is 0 Å². The van der Waals surface area contributed by atoms with Crippen LogP contribution in [-0.2, 0) is 0 Å². The quantitative estimate of drug-likeness (QED) is 0.502. The highest BCUT2D eigenvalue weighted by atomic mass is 32.1. The SMILES string of the molecule is C(=C\c1c(-c2ccccc2)nc2sccn12)/c1cccs1. The molecule has 0 fully saturated rings. The van der Waals surface area contributed by atoms with Crippen molar-refractivity contribution in [3.8, 4) is 11.3 Å². The molecule has 0 saturated carbocycles. The number of aromatic nitrogens is 2. The predicted molar refractivity (Wildman–Crippen MR) is 91.8 cm³/mol. The molecule has 0 amide bonds. The van der Waals surface area contributed by atoms with Gasteiger partial charge in [-0.25, -0.2) is 4.98 Å². The molecular formula is C17H12N2S2. The molecule has 3 heterocycles. The summed E-state index contributed by atoms with van der Waals surface area (Å²) in [6.07, 6.45) is 6.38. The Morgan fingerprint density at radius 1 is 0.905 bits per heavy atom. The first-order chi connectivity index (χ1) is 10.4. The van der Waals surface area contributed by atoms with Crippen LogP contribution in [0, 0.1) is 0 Å². The smallest absolute Gasteiger partial charge is 0.194 e. The average molecular weight is 308 g/mol. The Bertz CT molecular complexity index is 884. The Labute approximate surface area is 130 Å². The highest BCUT2D eigenvalue weighted by molar-refractivity contribution is 7.15. The van der Waals surface area contributed by atoms with Crippen molar-refractivity contribution in [3.05, 3.63) is 70.0 Å². The van der Waals surface area contributed by atoms with Crippen LogP contribution >= 0.6 is 22.7 Å². The van der Waals surface area contributed by atoms with Crippen molar-refractivity contribution >= 4 is 39.8 Å². The van der Waals surface area contributed by atoms with Crippen molar-refractivity contribution in [1.29, 1.82) is 0 Å². The molecule has 0 aliphatic heterocycles. The molecular weight excluding hydrogens is 296 g/mol. The van der Waals surface area contributed by atoms with Gasteiger partial charge >= 0.3 is 0 Å². The molecule has 21 heavy (non-hydrogen) atoms. The Balaban J connectivity index is 1.87. The van der Waals surface area contributed by atoms with Crippen molar-refractivity contribution in [2.75, 3.05) is 0 Å². The minimum absolute atomic E-state index is 1.03. The Morgan fingerprint density at radius 2 is 1.81 bits per heavy atom. The molecule has 4 rings (SSSR count). The lowest BCUT2D eigenvalue weighted by molar-refractivity contribution is 1.21. The molecule has 0 bridgehead atoms. The summed E-state index contributed by atoms with van der Waals surface area (Å²) in [5.41, 5.74) is 3.32. The molecule has 0 unspecified atom stereocenters. The zero-order chi connectivity index (χ0) is 14.1. The maximum Gasteiger partial charge on any atom is 0.194 e. The molecule has 102 valence electrons. The van der Waals surface area contributed by atoms with E-state index in [2.05, 4.69) is 69.9 Å². The van der Waals surface area contributed by atoms with E-state index in [1.165, 1.54) is 4.88 Å². The summed E-state index contributed by atoms with van der Waals surface area (Å²) in [5, 5.41) is 4.16. The normalized spacial score (nSPS) is 11.6. The van der Waals surface area contributed by atoms with Crippen LogP contribution in [0.3, 0.4) is 0 Å². The second-order valence-electron chi connectivity index (χ2n) is 4.62. The summed E-state index contributed by atoms with van der Waals surface area (Å²) in [6, 6.07) is 14.5. The number of thiophene rings is 1. The number of nitrogens with zero attached hydrogens (tertiary/aromatic N) is 2. The molecule has 0 N–H and O–H groups in total. The number of rotatable bonds is 3. The molecule has 1 aromatic carbocycles. The van der Waals surface area contributed by atoms with E-state index in [9.17, 15) is 0 Å². The highest BCUT2D eigenvalue weighted by Crippen LogP contribution is 2.28. The zero-order valence-corrected chi connectivity index (χ0v) is 12.8. The minimum Gasteiger partial charge on any atom is -0.290 e. The fourth-order valence-electron chi connectivity index (χ4n) is 2.32. The van der Waals surface area contributed by atoms with Gasteiger partial charge in [-0.15, -0.1) is 22.7 Å². The molecule has 0 saturated heterocycles. The second-order valence-corrected chi connectivity index (χ2v) is 6.47. The van der Waals surface area contributed by atoms with Gasteiger partial charge in [0, 0.05) is 22.0 Å². The van der Waals surface area contributed by atoms with Gasteiger partial charge in [0.2, 0.25) is 0 Å². The summed E-state index contributed by atoms with van der Waals surface area (Å²) in [7, 11) is 0. The molecule has 0 aliphatic rings. The van der Waals surface area contributed by atoms with Gasteiger partial charge in [0.1, 0.15) is 0 Å². The van der Waals surface area contributed by atoms with E-state index >= 15 is 0 Å². The maximum absolute atomic E-state index is 4.78. The van der Waals surface area contributed by atoms with Gasteiger partial charge in [-0.1, -0.05) is 36.4 Å². The lowest BCUT2D eigenvalue weighted by Gasteiger charge is -1.99. The van der Waals surface area contributed by atoms with Gasteiger partial charge < -0.3 is 0 Å². The predicted octanol–water partition coefficient (Wildman–Crippen LogP) is 5.29. The number of benzene rings is 1. The molecule has 2 nitrogen and oxygen atoms in total. The van der Waals surface area contributed by atoms with Gasteiger partial charge in [0.05, 0.1) is 11.4 Å². The molecule has 0 aliphatic carbocycles. The molecule has 3 aromatic heterocycles. The first-order valence-electron chi connectivity index (χ1n) is 6.64. The Hall–Kier alpha value is -2.17. The van der Waals surface area contributed by atoms with E-state index in [0.717, 1.165) is 21.9 Å². The fourth-order valence-corrected chi connectivity index (χ4v) is 3.66. The lowest BCUT2D eigenvalue weighted by atomic mass is 10.1. The Kier molecular flexibility index (Phi) is 3.18. The van der Waals surface area contributed by atoms with Crippen molar-refractivity contribution in [2.45, 2.75) is 0 Å². The van der Waals surface area contributed by atoms with Crippen LogP contribution in [0.25, 0.3) is 28.4 Å². The van der Waals surface area contributed by atoms with Crippen molar-refractivity contribution in [3.63, 3.8) is 0 Å². The van der Waals surface area contributed by atoms with Gasteiger partial charge in [-0.3, -0.25) is 4.40 Å². The van der Waals surface area contributed by atoms with Crippen LogP contribution in [0.1, 0.15) is 10.6 Å². The summed E-state index contributed by atoms with van der Waals surface area (Å²) in [5.74, 6) is 0. The summed E-state index contributed by atoms with van der Waals surface area (Å²) < 4.78 is 2.15. The van der Waals surface area contributed by atoms with Gasteiger partial charge in [0.15, 0.2) is 4.96 Å². The second kappa shape index (κ2) is 5.31. The van der Waals surface area contributed by atoms with Crippen LogP contribution < -0.4 is 0 Å². The first kappa shape index (κ1) is 12.6. The van der Waals surface area contributed by atoms with E-state index in [0.29, 0.717) is 0 Å². The number of hydrogen-bond donors (Lipinski definition) is 0. The third-order valence-electron chi connectivity index (χ3n) is 3.29. The summed E-state index contributed by atoms with van der Waals surface area (Å²) in [6.45, 7) is 0. The third-order valence-corrected chi connectivity index (χ3v) is 4.89. The van der Waals surface area contributed by atoms with Crippen LogP contribution in [0.4, 0.5) is 0 Å². The van der Waals surface area contributed by atoms with Crippen LogP contribution in [-0.4, -0.2) is 9.38 Å². The van der Waals surface area contributed by atoms with E-state index in [1.54, 1.807) is 22.7 Å². The summed E-state index contributed by atoms with van der Waals surface area (Å²) in [4.78, 5) is 7.05. The topological polar surface area (TPSA) is 17.3 Å². The van der Waals surface area contributed by atoms with E-state index in [-0.39, 0.29) is 0 Å². The maximum atomic E-state index is 4.78. The molecule has 0 radical (unpaired) electrons. The van der Waals surface area contributed by atoms with E-state index < -0.39 is 0 Å². The van der Waals surface area contributed by atoms with E-state index in [4.69, 9.17) is 4.98 Å². The number of fused-ring (bicyclic) bond motifs is 1. The highest BCUT2D eigenvalue weighted by Gasteiger charge is 2.12. The molecule has 0 spiro atoms. The van der Waals surface area contributed by atoms with Gasteiger partial charge in [-0.05, 0) is 23.6 Å². The van der Waals surface area contributed by atoms with Crippen molar-refractivity contribution in [2.24, 2.45) is 0 Å². The third kappa shape index (κ3) is 2.33. The minimum atomic E-state index is 1.03. The summed E-state index contributed by atoms with van der Waals surface area (Å²) >= 11 is 3.40. The van der Waals surface area contributed by atoms with Crippen LogP contribution in [0.2, 0.25) is 0 Å². The van der Waals surface area contributed by atoms with E-state index in [1.807, 2.05) is 6.07 Å². The number of imidazole rings is 1. The van der Waals surface area contributed by atoms with Gasteiger partial charge in [0.25, 0.3) is 0 Å². The standard InChI is InChI=1S/C17H12N2S2/c1-2-5-13(6-3-1)16-15(9-8-14-7-4-11-20-14)19-10-12-21-17(19)18-16/h1-12H/b9-8+. The molecule has 4 aromatic rings. The van der Waals surface area contributed by atoms with Crippen LogP contribution in [0.15, 0.2) is 59.4 Å². The van der Waals surface area contributed by atoms with Crippen LogP contribution in [0.5, 0.6) is 0 Å². The molecule has 0 atom stereocenters. The zero-order valence-electron chi connectivity index (χ0n) is 11.1. The Morgan fingerprint density at radius 3 is 2.62 bits per heavy atom. The number of hydrogen-bond acceptors (Lipinski definition) is 3. The lowest BCUT2D eigenvalue weighted by Crippen LogP contribution is -1.84. The van der Waals surface area contributed by atoms with Gasteiger partial charge in [-0.2, -0.15) is 0 Å². The largest absolute Gasteiger partial charge is 0.290 e. The fraction of sp³-hybridized carbons (Fsp3) is 0.